The second-order valence-electron chi connectivity index (χ2n) is 6.11. The SMILES string of the molecule is CC.CC(C)(C)S.N[C@H](/C=C/C(F)=C\S)Cc1nc2ccccc2[nH]1. The molecule has 0 spiro atoms. The monoisotopic (exact) mass is 383 g/mol. The third kappa shape index (κ3) is 11.9. The van der Waals surface area contributed by atoms with Crippen LogP contribution in [0.15, 0.2) is 47.7 Å². The van der Waals surface area contributed by atoms with E-state index in [4.69, 9.17) is 5.73 Å². The van der Waals surface area contributed by atoms with Crippen LogP contribution >= 0.6 is 25.3 Å². The van der Waals surface area contributed by atoms with E-state index in [0.717, 1.165) is 22.3 Å². The number of imidazole rings is 1. The molecule has 25 heavy (non-hydrogen) atoms. The number of fused-ring (bicyclic) bond motifs is 1. The summed E-state index contributed by atoms with van der Waals surface area (Å²) in [6.45, 7) is 10.2. The van der Waals surface area contributed by atoms with E-state index in [9.17, 15) is 4.39 Å². The second kappa shape index (κ2) is 12.2. The molecule has 3 N–H and O–H groups in total. The molecule has 1 aromatic heterocycles. The van der Waals surface area contributed by atoms with Crippen molar-refractivity contribution in [2.24, 2.45) is 5.73 Å². The molecule has 0 radical (unpaired) electrons. The van der Waals surface area contributed by atoms with Crippen molar-refractivity contribution < 1.29 is 4.39 Å². The summed E-state index contributed by atoms with van der Waals surface area (Å²) in [6.07, 6.45) is 3.43. The molecule has 1 aromatic carbocycles. The predicted molar refractivity (Wildman–Crippen MR) is 115 cm³/mol. The zero-order valence-electron chi connectivity index (χ0n) is 15.6. The summed E-state index contributed by atoms with van der Waals surface area (Å²) in [5.41, 5.74) is 7.75. The number of para-hydroxylation sites is 2. The quantitative estimate of drug-likeness (QED) is 0.418. The second-order valence-corrected chi connectivity index (χ2v) is 7.71. The number of thiol groups is 2. The minimum Gasteiger partial charge on any atom is -0.342 e. The van der Waals surface area contributed by atoms with Crippen molar-refractivity contribution in [2.75, 3.05) is 0 Å². The van der Waals surface area contributed by atoms with Gasteiger partial charge in [-0.05, 0) is 18.2 Å². The fourth-order valence-electron chi connectivity index (χ4n) is 1.65. The van der Waals surface area contributed by atoms with Crippen LogP contribution in [0.1, 0.15) is 40.4 Å². The Hall–Kier alpha value is -1.24. The number of allylic oxidation sites excluding steroid dienone is 2. The molecule has 0 amide bonds. The van der Waals surface area contributed by atoms with Gasteiger partial charge in [-0.1, -0.05) is 52.8 Å². The van der Waals surface area contributed by atoms with Crippen molar-refractivity contribution in [3.8, 4) is 0 Å². The van der Waals surface area contributed by atoms with Gasteiger partial charge < -0.3 is 10.7 Å². The van der Waals surface area contributed by atoms with Crippen LogP contribution in [0, 0.1) is 0 Å². The molecule has 140 valence electrons. The van der Waals surface area contributed by atoms with Crippen molar-refractivity contribution >= 4 is 36.3 Å². The molecule has 2 aromatic rings. The van der Waals surface area contributed by atoms with Crippen LogP contribution < -0.4 is 5.73 Å². The van der Waals surface area contributed by atoms with Gasteiger partial charge >= 0.3 is 0 Å². The first-order valence-electron chi connectivity index (χ1n) is 8.28. The summed E-state index contributed by atoms with van der Waals surface area (Å²) in [4.78, 5) is 7.59. The number of aromatic nitrogens is 2. The van der Waals surface area contributed by atoms with E-state index in [1.54, 1.807) is 6.08 Å². The van der Waals surface area contributed by atoms with Gasteiger partial charge in [-0.25, -0.2) is 9.37 Å². The average molecular weight is 384 g/mol. The lowest BCUT2D eigenvalue weighted by Gasteiger charge is -2.04. The first kappa shape index (κ1) is 23.8. The van der Waals surface area contributed by atoms with Gasteiger partial charge in [0, 0.05) is 22.6 Å². The molecule has 1 heterocycles. The number of halogens is 1. The molecule has 0 saturated carbocycles. The first-order chi connectivity index (χ1) is 11.7. The molecule has 3 nitrogen and oxygen atoms in total. The summed E-state index contributed by atoms with van der Waals surface area (Å²) < 4.78 is 13.0. The molecular formula is C19H30FN3S2. The van der Waals surface area contributed by atoms with E-state index in [1.165, 1.54) is 6.08 Å². The molecule has 0 aliphatic carbocycles. The largest absolute Gasteiger partial charge is 0.342 e. The third-order valence-electron chi connectivity index (χ3n) is 2.49. The Morgan fingerprint density at radius 2 is 1.88 bits per heavy atom. The van der Waals surface area contributed by atoms with Crippen LogP contribution in [0.2, 0.25) is 0 Å². The number of hydrogen-bond donors (Lipinski definition) is 4. The van der Waals surface area contributed by atoms with Gasteiger partial charge in [0.25, 0.3) is 0 Å². The number of nitrogens with zero attached hydrogens (tertiary/aromatic N) is 1. The van der Waals surface area contributed by atoms with E-state index in [0.29, 0.717) is 6.42 Å². The Labute approximate surface area is 161 Å². The summed E-state index contributed by atoms with van der Waals surface area (Å²) >= 11 is 7.83. The van der Waals surface area contributed by atoms with Crippen LogP contribution in [0.4, 0.5) is 4.39 Å². The highest BCUT2D eigenvalue weighted by Gasteiger charge is 2.05. The number of benzene rings is 1. The zero-order valence-corrected chi connectivity index (χ0v) is 17.4. The first-order valence-corrected chi connectivity index (χ1v) is 9.25. The third-order valence-corrected chi connectivity index (χ3v) is 2.74. The highest BCUT2D eigenvalue weighted by molar-refractivity contribution is 7.83. The normalized spacial score (nSPS) is 13.1. The fourth-order valence-corrected chi connectivity index (χ4v) is 1.74. The molecule has 0 bridgehead atoms. The van der Waals surface area contributed by atoms with Crippen LogP contribution in [-0.4, -0.2) is 20.8 Å². The minimum absolute atomic E-state index is 0.194. The maximum atomic E-state index is 12.8. The van der Waals surface area contributed by atoms with E-state index < -0.39 is 5.83 Å². The van der Waals surface area contributed by atoms with Gasteiger partial charge in [0.05, 0.1) is 11.0 Å². The van der Waals surface area contributed by atoms with Crippen molar-refractivity contribution in [2.45, 2.75) is 51.8 Å². The van der Waals surface area contributed by atoms with E-state index in [2.05, 4.69) is 56.0 Å². The summed E-state index contributed by atoms with van der Waals surface area (Å²) in [7, 11) is 0. The number of H-pyrrole nitrogens is 1. The molecule has 1 atom stereocenters. The molecule has 0 unspecified atom stereocenters. The van der Waals surface area contributed by atoms with Crippen LogP contribution in [0.5, 0.6) is 0 Å². The molecule has 0 aliphatic rings. The van der Waals surface area contributed by atoms with Crippen molar-refractivity contribution in [3.05, 3.63) is 53.5 Å². The Morgan fingerprint density at radius 1 is 1.32 bits per heavy atom. The lowest BCUT2D eigenvalue weighted by atomic mass is 10.2. The number of nitrogens with two attached hydrogens (primary N) is 1. The van der Waals surface area contributed by atoms with Gasteiger partial charge in [0.15, 0.2) is 0 Å². The summed E-state index contributed by atoms with van der Waals surface area (Å²) in [5.74, 6) is 0.377. The Kier molecular flexibility index (Phi) is 11.6. The highest BCUT2D eigenvalue weighted by atomic mass is 32.1. The van der Waals surface area contributed by atoms with Crippen LogP contribution in [0.3, 0.4) is 0 Å². The maximum Gasteiger partial charge on any atom is 0.128 e. The van der Waals surface area contributed by atoms with Gasteiger partial charge in [0.1, 0.15) is 11.7 Å². The molecule has 0 saturated heterocycles. The molecule has 0 aliphatic heterocycles. The summed E-state index contributed by atoms with van der Waals surface area (Å²) in [6, 6.07) is 7.47. The summed E-state index contributed by atoms with van der Waals surface area (Å²) in [5, 5.41) is 1.09. The number of nitrogens with one attached hydrogen (secondary N) is 1. The number of hydrogen-bond acceptors (Lipinski definition) is 4. The molecular weight excluding hydrogens is 353 g/mol. The minimum atomic E-state index is -0.418. The van der Waals surface area contributed by atoms with Crippen LogP contribution in [0.25, 0.3) is 11.0 Å². The smallest absolute Gasteiger partial charge is 0.128 e. The van der Waals surface area contributed by atoms with Gasteiger partial charge in [0.2, 0.25) is 0 Å². The standard InChI is InChI=1S/C13H14FN3S.C4H10S.C2H6/c14-9(8-18)5-6-10(15)7-13-16-11-3-1-2-4-12(11)17-13;1-4(2,3)5;1-2/h1-6,8,10,18H,7,15H2,(H,16,17);5H,1-3H3;1-2H3/b6-5+,9-8+;;/t10-;;/m1../s1. The van der Waals surface area contributed by atoms with E-state index >= 15 is 0 Å². The molecule has 2 rings (SSSR count). The van der Waals surface area contributed by atoms with Crippen molar-refractivity contribution in [1.29, 1.82) is 0 Å². The fraction of sp³-hybridized carbons (Fsp3) is 0.421. The van der Waals surface area contributed by atoms with E-state index in [1.807, 2.05) is 38.1 Å². The lowest BCUT2D eigenvalue weighted by molar-refractivity contribution is 0.666. The maximum absolute atomic E-state index is 12.8. The Balaban J connectivity index is 0.000000710. The number of aromatic amines is 1. The molecule has 0 fully saturated rings. The highest BCUT2D eigenvalue weighted by Crippen LogP contribution is 2.11. The van der Waals surface area contributed by atoms with Crippen molar-refractivity contribution in [1.82, 2.24) is 9.97 Å². The molecule has 6 heteroatoms. The van der Waals surface area contributed by atoms with Crippen LogP contribution in [-0.2, 0) is 6.42 Å². The van der Waals surface area contributed by atoms with Crippen molar-refractivity contribution in [3.63, 3.8) is 0 Å². The van der Waals surface area contributed by atoms with Gasteiger partial charge in [-0.15, -0.1) is 12.6 Å². The Morgan fingerprint density at radius 3 is 2.40 bits per heavy atom. The van der Waals surface area contributed by atoms with Gasteiger partial charge in [-0.2, -0.15) is 12.6 Å². The topological polar surface area (TPSA) is 54.7 Å². The average Bonchev–Trinajstić information content (AvgIpc) is 2.95. The number of rotatable bonds is 4. The van der Waals surface area contributed by atoms with Gasteiger partial charge in [-0.3, -0.25) is 0 Å². The van der Waals surface area contributed by atoms with E-state index in [-0.39, 0.29) is 10.8 Å². The lowest BCUT2D eigenvalue weighted by Crippen LogP contribution is -2.20. The zero-order chi connectivity index (χ0) is 19.5. The predicted octanol–water partition coefficient (Wildman–Crippen LogP) is 5.47. The Bertz CT molecular complexity index is 634.